The van der Waals surface area contributed by atoms with Gasteiger partial charge >= 0.3 is 0 Å². The molecule has 0 fully saturated rings. The van der Waals surface area contributed by atoms with E-state index in [2.05, 4.69) is 4.98 Å². The molecule has 0 amide bonds. The Balaban J connectivity index is 2.03. The highest BCUT2D eigenvalue weighted by Gasteiger charge is 2.24. The number of aromatic nitrogens is 3. The van der Waals surface area contributed by atoms with Crippen molar-refractivity contribution >= 4 is 38.1 Å². The van der Waals surface area contributed by atoms with Gasteiger partial charge in [0, 0.05) is 17.8 Å². The van der Waals surface area contributed by atoms with Gasteiger partial charge in [0.2, 0.25) is 9.84 Å². The molecule has 1 aromatic carbocycles. The largest absolute Gasteiger partial charge is 0.394 e. The van der Waals surface area contributed by atoms with Gasteiger partial charge in [0.1, 0.15) is 21.7 Å². The van der Waals surface area contributed by atoms with Crippen molar-refractivity contribution in [3.8, 4) is 0 Å². The Morgan fingerprint density at radius 2 is 1.88 bits per heavy atom. The summed E-state index contributed by atoms with van der Waals surface area (Å²) in [6.45, 7) is 1.90. The van der Waals surface area contributed by atoms with E-state index in [0.717, 1.165) is 5.56 Å². The van der Waals surface area contributed by atoms with E-state index in [4.69, 9.17) is 26.9 Å². The van der Waals surface area contributed by atoms with Crippen molar-refractivity contribution in [2.24, 2.45) is 0 Å². The van der Waals surface area contributed by atoms with Gasteiger partial charge in [-0.25, -0.2) is 13.4 Å². The monoisotopic (exact) mass is 488 g/mol. The Morgan fingerprint density at radius 3 is 2.58 bits per heavy atom. The number of ether oxygens (including phenoxy) is 1. The van der Waals surface area contributed by atoms with Gasteiger partial charge in [-0.3, -0.25) is 14.6 Å². The minimum atomic E-state index is -4.14. The lowest BCUT2D eigenvalue weighted by atomic mass is 10.2. The van der Waals surface area contributed by atoms with Gasteiger partial charge in [0.25, 0.3) is 5.56 Å². The molecule has 0 aliphatic heterocycles. The predicted molar refractivity (Wildman–Crippen MR) is 122 cm³/mol. The highest BCUT2D eigenvalue weighted by atomic mass is 35.5. The molecule has 0 aliphatic carbocycles. The van der Waals surface area contributed by atoms with Gasteiger partial charge < -0.3 is 14.4 Å². The second-order valence-corrected chi connectivity index (χ2v) is 9.75. The van der Waals surface area contributed by atoms with Crippen molar-refractivity contribution in [2.45, 2.75) is 23.3 Å². The maximum absolute atomic E-state index is 13.4. The van der Waals surface area contributed by atoms with Crippen molar-refractivity contribution in [3.63, 3.8) is 0 Å². The number of aliphatic hydroxyl groups is 1. The van der Waals surface area contributed by atoms with Crippen LogP contribution >= 0.6 is 11.6 Å². The fourth-order valence-corrected chi connectivity index (χ4v) is 5.02. The van der Waals surface area contributed by atoms with E-state index >= 15 is 0 Å². The smallest absolute Gasteiger partial charge is 0.267 e. The lowest BCUT2D eigenvalue weighted by Gasteiger charge is -2.15. The Hall–Kier alpha value is -3.05. The van der Waals surface area contributed by atoms with E-state index in [-0.39, 0.29) is 52.7 Å². The molecule has 4 aromatic rings. The van der Waals surface area contributed by atoms with Crippen molar-refractivity contribution in [1.82, 2.24) is 14.0 Å². The van der Waals surface area contributed by atoms with Crippen LogP contribution in [-0.4, -0.2) is 47.3 Å². The highest BCUT2D eigenvalue weighted by molar-refractivity contribution is 7.91. The average molecular weight is 489 g/mol. The number of benzene rings is 1. The summed E-state index contributed by atoms with van der Waals surface area (Å²) in [7, 11) is -4.14. The van der Waals surface area contributed by atoms with Crippen LogP contribution in [0.15, 0.2) is 63.2 Å². The first-order chi connectivity index (χ1) is 15.7. The number of fused-ring (bicyclic) bond motifs is 2. The second kappa shape index (κ2) is 9.06. The zero-order valence-electron chi connectivity index (χ0n) is 17.7. The van der Waals surface area contributed by atoms with Crippen LogP contribution in [0.1, 0.15) is 5.56 Å². The Bertz CT molecular complexity index is 1580. The highest BCUT2D eigenvalue weighted by Crippen LogP contribution is 2.22. The van der Waals surface area contributed by atoms with E-state index in [1.807, 2.05) is 13.0 Å². The normalized spacial score (nSPS) is 12.0. The molecule has 0 bridgehead atoms. The Labute approximate surface area is 193 Å². The number of aliphatic hydroxyl groups excluding tert-OH is 1. The first kappa shape index (κ1) is 23.1. The molecule has 3 aromatic heterocycles. The van der Waals surface area contributed by atoms with Crippen LogP contribution in [0.4, 0.5) is 0 Å². The molecular formula is C22H21ClN4O5S. The second-order valence-electron chi connectivity index (χ2n) is 7.39. The summed E-state index contributed by atoms with van der Waals surface area (Å²) in [6.07, 6.45) is 1.63. The minimum Gasteiger partial charge on any atom is -0.394 e. The maximum atomic E-state index is 13.4. The fourth-order valence-electron chi connectivity index (χ4n) is 3.50. The molecule has 3 heterocycles. The van der Waals surface area contributed by atoms with Gasteiger partial charge in [-0.05, 0) is 48.9 Å². The molecule has 0 aliphatic rings. The standard InChI is InChI=1S/C22H21ClN4O5S/c1-14-2-7-19-25-21-17(22(29)27(19)13-14)12-18(20(24)26(21)8-10-32-11-9-28)33(30,31)16-5-3-15(23)4-6-16/h2-7,12-13,24,28H,8-11H2,1H3. The third-order valence-corrected chi connectivity index (χ3v) is 7.16. The number of rotatable bonds is 7. The van der Waals surface area contributed by atoms with E-state index in [1.54, 1.807) is 12.3 Å². The Kier molecular flexibility index (Phi) is 6.35. The van der Waals surface area contributed by atoms with E-state index < -0.39 is 15.4 Å². The third kappa shape index (κ3) is 4.30. The SMILES string of the molecule is Cc1ccc2nc3c(cc(S(=O)(=O)c4ccc(Cl)cc4)c(=N)n3CCOCCO)c(=O)n2c1. The summed E-state index contributed by atoms with van der Waals surface area (Å²) in [5, 5.41) is 18.1. The van der Waals surface area contributed by atoms with Crippen LogP contribution in [0.5, 0.6) is 0 Å². The molecule has 0 saturated heterocycles. The van der Waals surface area contributed by atoms with Crippen molar-refractivity contribution < 1.29 is 18.3 Å². The summed E-state index contributed by atoms with van der Waals surface area (Å²) >= 11 is 5.89. The van der Waals surface area contributed by atoms with Crippen LogP contribution in [0.2, 0.25) is 5.02 Å². The predicted octanol–water partition coefficient (Wildman–Crippen LogP) is 1.93. The molecule has 4 rings (SSSR count). The number of hydrogen-bond acceptors (Lipinski definition) is 7. The number of halogens is 1. The van der Waals surface area contributed by atoms with Crippen molar-refractivity contribution in [2.75, 3.05) is 19.8 Å². The molecule has 0 unspecified atom stereocenters. The van der Waals surface area contributed by atoms with Gasteiger partial charge in [-0.1, -0.05) is 17.7 Å². The van der Waals surface area contributed by atoms with E-state index in [9.17, 15) is 13.2 Å². The van der Waals surface area contributed by atoms with E-state index in [0.29, 0.717) is 10.7 Å². The van der Waals surface area contributed by atoms with Crippen molar-refractivity contribution in [3.05, 3.63) is 75.1 Å². The van der Waals surface area contributed by atoms with Gasteiger partial charge in [-0.2, -0.15) is 0 Å². The lowest BCUT2D eigenvalue weighted by Crippen LogP contribution is -2.31. The van der Waals surface area contributed by atoms with Crippen LogP contribution in [0.3, 0.4) is 0 Å². The number of sulfone groups is 1. The molecule has 0 spiro atoms. The number of hydrogen-bond donors (Lipinski definition) is 2. The molecule has 2 N–H and O–H groups in total. The number of nitrogens with zero attached hydrogens (tertiary/aromatic N) is 3. The molecule has 33 heavy (non-hydrogen) atoms. The summed E-state index contributed by atoms with van der Waals surface area (Å²) < 4.78 is 34.8. The molecular weight excluding hydrogens is 468 g/mol. The third-order valence-electron chi connectivity index (χ3n) is 5.13. The first-order valence-electron chi connectivity index (χ1n) is 10.0. The topological polar surface area (TPSA) is 127 Å². The molecule has 172 valence electrons. The van der Waals surface area contributed by atoms with Crippen LogP contribution in [-0.2, 0) is 21.1 Å². The molecule has 0 radical (unpaired) electrons. The summed E-state index contributed by atoms with van der Waals surface area (Å²) in [4.78, 5) is 17.5. The first-order valence-corrected chi connectivity index (χ1v) is 11.9. The summed E-state index contributed by atoms with van der Waals surface area (Å²) in [6, 6.07) is 10.3. The van der Waals surface area contributed by atoms with E-state index in [1.165, 1.54) is 39.3 Å². The average Bonchev–Trinajstić information content (AvgIpc) is 2.78. The Morgan fingerprint density at radius 1 is 1.15 bits per heavy atom. The van der Waals surface area contributed by atoms with Crippen LogP contribution < -0.4 is 11.0 Å². The van der Waals surface area contributed by atoms with Gasteiger partial charge in [0.15, 0.2) is 0 Å². The zero-order valence-corrected chi connectivity index (χ0v) is 19.2. The number of nitrogens with one attached hydrogen (secondary N) is 1. The van der Waals surface area contributed by atoms with Crippen molar-refractivity contribution in [1.29, 1.82) is 5.41 Å². The summed E-state index contributed by atoms with van der Waals surface area (Å²) in [5.41, 5.74) is 0.610. The lowest BCUT2D eigenvalue weighted by molar-refractivity contribution is 0.0867. The molecule has 11 heteroatoms. The quantitative estimate of drug-likeness (QED) is 0.302. The van der Waals surface area contributed by atoms with Crippen LogP contribution in [0, 0.1) is 12.3 Å². The number of pyridine rings is 2. The molecule has 9 nitrogen and oxygen atoms in total. The summed E-state index contributed by atoms with van der Waals surface area (Å²) in [5.74, 6) is 0. The maximum Gasteiger partial charge on any atom is 0.267 e. The number of aryl methyl sites for hydroxylation is 1. The molecule has 0 saturated carbocycles. The molecule has 0 atom stereocenters. The zero-order chi connectivity index (χ0) is 23.8. The van der Waals surface area contributed by atoms with Gasteiger partial charge in [0.05, 0.1) is 30.1 Å². The minimum absolute atomic E-state index is 0.0486. The fraction of sp³-hybridized carbons (Fsp3) is 0.227. The van der Waals surface area contributed by atoms with Gasteiger partial charge in [-0.15, -0.1) is 0 Å². The van der Waals surface area contributed by atoms with Crippen LogP contribution in [0.25, 0.3) is 16.7 Å².